The summed E-state index contributed by atoms with van der Waals surface area (Å²) in [4.78, 5) is 11.7. The average molecular weight is 329 g/mol. The zero-order valence-corrected chi connectivity index (χ0v) is 12.1. The molecule has 1 aromatic rings. The third kappa shape index (κ3) is 4.58. The van der Waals surface area contributed by atoms with Gasteiger partial charge >= 0.3 is 0 Å². The number of halogens is 1. The van der Waals surface area contributed by atoms with E-state index in [1.165, 1.54) is 0 Å². The van der Waals surface area contributed by atoms with Gasteiger partial charge in [0, 0.05) is 29.7 Å². The molecule has 1 aliphatic rings. The van der Waals surface area contributed by atoms with Gasteiger partial charge in [-0.15, -0.1) is 0 Å². The molecule has 5 nitrogen and oxygen atoms in total. The molecule has 1 atom stereocenters. The molecule has 1 saturated heterocycles. The second-order valence-electron chi connectivity index (χ2n) is 4.69. The van der Waals surface area contributed by atoms with Crippen LogP contribution in [0.15, 0.2) is 28.7 Å². The highest BCUT2D eigenvalue weighted by molar-refractivity contribution is 9.10. The first-order chi connectivity index (χ1) is 9.07. The molecule has 1 aliphatic heterocycles. The summed E-state index contributed by atoms with van der Waals surface area (Å²) in [5.41, 5.74) is -0.0874. The van der Waals surface area contributed by atoms with Gasteiger partial charge in [0.1, 0.15) is 5.60 Å². The average Bonchev–Trinajstić information content (AvgIpc) is 2.79. The molecule has 0 radical (unpaired) electrons. The molecule has 19 heavy (non-hydrogen) atoms. The largest absolute Gasteiger partial charge is 0.386 e. The molecule has 6 heteroatoms. The van der Waals surface area contributed by atoms with Gasteiger partial charge in [-0.1, -0.05) is 15.9 Å². The Morgan fingerprint density at radius 3 is 2.79 bits per heavy atom. The maximum atomic E-state index is 11.7. The maximum Gasteiger partial charge on any atom is 0.238 e. The quantitative estimate of drug-likeness (QED) is 0.757. The van der Waals surface area contributed by atoms with Crippen LogP contribution in [0.1, 0.15) is 6.42 Å². The van der Waals surface area contributed by atoms with Gasteiger partial charge in [-0.3, -0.25) is 4.79 Å². The standard InChI is InChI=1S/C13H17BrN2O3/c14-10-1-3-11(4-2-10)16-12(17)7-15-8-13(18)5-6-19-9-13/h1-4,15,18H,5-9H2,(H,16,17). The molecule has 1 aromatic carbocycles. The predicted molar refractivity (Wildman–Crippen MR) is 76.0 cm³/mol. The number of nitrogens with one attached hydrogen (secondary N) is 2. The Hall–Kier alpha value is -0.950. The van der Waals surface area contributed by atoms with Gasteiger partial charge in [0.25, 0.3) is 0 Å². The molecule has 1 heterocycles. The third-order valence-corrected chi connectivity index (χ3v) is 3.48. The van der Waals surface area contributed by atoms with E-state index in [4.69, 9.17) is 4.74 Å². The van der Waals surface area contributed by atoms with E-state index in [1.807, 2.05) is 24.3 Å². The van der Waals surface area contributed by atoms with Crippen molar-refractivity contribution >= 4 is 27.5 Å². The molecule has 0 saturated carbocycles. The summed E-state index contributed by atoms with van der Waals surface area (Å²) >= 11 is 3.33. The van der Waals surface area contributed by atoms with Crippen LogP contribution in [-0.2, 0) is 9.53 Å². The number of aliphatic hydroxyl groups is 1. The minimum atomic E-state index is -0.835. The first-order valence-corrected chi connectivity index (χ1v) is 6.93. The minimum absolute atomic E-state index is 0.134. The lowest BCUT2D eigenvalue weighted by Crippen LogP contribution is -2.43. The van der Waals surface area contributed by atoms with Gasteiger partial charge in [0.2, 0.25) is 5.91 Å². The lowest BCUT2D eigenvalue weighted by Gasteiger charge is -2.20. The summed E-state index contributed by atoms with van der Waals surface area (Å²) in [7, 11) is 0. The number of ether oxygens (including phenoxy) is 1. The topological polar surface area (TPSA) is 70.6 Å². The summed E-state index contributed by atoms with van der Waals surface area (Å²) in [6, 6.07) is 7.36. The third-order valence-electron chi connectivity index (χ3n) is 2.95. The van der Waals surface area contributed by atoms with Crippen molar-refractivity contribution in [2.75, 3.05) is 31.6 Å². The molecule has 1 unspecified atom stereocenters. The molecule has 0 aromatic heterocycles. The van der Waals surface area contributed by atoms with Crippen molar-refractivity contribution in [1.82, 2.24) is 5.32 Å². The van der Waals surface area contributed by atoms with Crippen molar-refractivity contribution in [1.29, 1.82) is 0 Å². The van der Waals surface area contributed by atoms with E-state index in [0.29, 0.717) is 26.2 Å². The first-order valence-electron chi connectivity index (χ1n) is 6.14. The van der Waals surface area contributed by atoms with Gasteiger partial charge in [0.15, 0.2) is 0 Å². The SMILES string of the molecule is O=C(CNCC1(O)CCOC1)Nc1ccc(Br)cc1. The molecule has 3 N–H and O–H groups in total. The van der Waals surface area contributed by atoms with Gasteiger partial charge in [0.05, 0.1) is 13.2 Å². The fourth-order valence-corrected chi connectivity index (χ4v) is 2.15. The number of carbonyl (C=O) groups is 1. The number of benzene rings is 1. The summed E-state index contributed by atoms with van der Waals surface area (Å²) in [5, 5.41) is 15.7. The summed E-state index contributed by atoms with van der Waals surface area (Å²) < 4.78 is 6.09. The first kappa shape index (κ1) is 14.5. The second-order valence-corrected chi connectivity index (χ2v) is 5.60. The fraction of sp³-hybridized carbons (Fsp3) is 0.462. The Morgan fingerprint density at radius 2 is 2.16 bits per heavy atom. The Bertz CT molecular complexity index is 430. The van der Waals surface area contributed by atoms with Crippen LogP contribution in [-0.4, -0.2) is 42.9 Å². The van der Waals surface area contributed by atoms with E-state index in [1.54, 1.807) is 0 Å². The molecule has 1 amide bonds. The number of carbonyl (C=O) groups excluding carboxylic acids is 1. The molecule has 0 spiro atoms. The maximum absolute atomic E-state index is 11.7. The van der Waals surface area contributed by atoms with E-state index in [9.17, 15) is 9.90 Å². The minimum Gasteiger partial charge on any atom is -0.386 e. The van der Waals surface area contributed by atoms with E-state index in [2.05, 4.69) is 26.6 Å². The van der Waals surface area contributed by atoms with Crippen LogP contribution in [0, 0.1) is 0 Å². The number of amides is 1. The second kappa shape index (κ2) is 6.47. The zero-order chi connectivity index (χ0) is 13.7. The lowest BCUT2D eigenvalue weighted by atomic mass is 10.0. The number of hydrogen-bond acceptors (Lipinski definition) is 4. The number of anilines is 1. The Kier molecular flexibility index (Phi) is 4.93. The lowest BCUT2D eigenvalue weighted by molar-refractivity contribution is -0.115. The van der Waals surface area contributed by atoms with Crippen molar-refractivity contribution in [2.24, 2.45) is 0 Å². The van der Waals surface area contributed by atoms with Gasteiger partial charge in [-0.05, 0) is 24.3 Å². The molecular formula is C13H17BrN2O3. The van der Waals surface area contributed by atoms with Crippen LogP contribution >= 0.6 is 15.9 Å². The summed E-state index contributed by atoms with van der Waals surface area (Å²) in [6.07, 6.45) is 0.605. The number of rotatable bonds is 5. The smallest absolute Gasteiger partial charge is 0.238 e. The van der Waals surface area contributed by atoms with Crippen LogP contribution < -0.4 is 10.6 Å². The predicted octanol–water partition coefficient (Wildman–Crippen LogP) is 1.13. The molecule has 0 bridgehead atoms. The highest BCUT2D eigenvalue weighted by Crippen LogP contribution is 2.17. The highest BCUT2D eigenvalue weighted by Gasteiger charge is 2.31. The summed E-state index contributed by atoms with van der Waals surface area (Å²) in [6.45, 7) is 1.43. The molecule has 104 valence electrons. The summed E-state index contributed by atoms with van der Waals surface area (Å²) in [5.74, 6) is -0.134. The van der Waals surface area contributed by atoms with Crippen molar-refractivity contribution in [3.8, 4) is 0 Å². The molecule has 2 rings (SSSR count). The van der Waals surface area contributed by atoms with Crippen molar-refractivity contribution in [3.63, 3.8) is 0 Å². The van der Waals surface area contributed by atoms with Crippen LogP contribution in [0.5, 0.6) is 0 Å². The van der Waals surface area contributed by atoms with Gasteiger partial charge in [-0.2, -0.15) is 0 Å². The molecular weight excluding hydrogens is 312 g/mol. The van der Waals surface area contributed by atoms with Crippen molar-refractivity contribution < 1.29 is 14.6 Å². The number of hydrogen-bond donors (Lipinski definition) is 3. The van der Waals surface area contributed by atoms with E-state index in [0.717, 1.165) is 10.2 Å². The van der Waals surface area contributed by atoms with Crippen LogP contribution in [0.2, 0.25) is 0 Å². The van der Waals surface area contributed by atoms with Gasteiger partial charge < -0.3 is 20.5 Å². The van der Waals surface area contributed by atoms with Crippen LogP contribution in [0.25, 0.3) is 0 Å². The van der Waals surface area contributed by atoms with E-state index < -0.39 is 5.60 Å². The Morgan fingerprint density at radius 1 is 1.42 bits per heavy atom. The molecule has 1 fully saturated rings. The monoisotopic (exact) mass is 328 g/mol. The van der Waals surface area contributed by atoms with Gasteiger partial charge in [-0.25, -0.2) is 0 Å². The zero-order valence-electron chi connectivity index (χ0n) is 10.5. The van der Waals surface area contributed by atoms with Crippen LogP contribution in [0.4, 0.5) is 5.69 Å². The normalized spacial score (nSPS) is 22.4. The Balaban J connectivity index is 1.71. The molecule has 0 aliphatic carbocycles. The van der Waals surface area contributed by atoms with Crippen LogP contribution in [0.3, 0.4) is 0 Å². The highest BCUT2D eigenvalue weighted by atomic mass is 79.9. The van der Waals surface area contributed by atoms with Crippen molar-refractivity contribution in [3.05, 3.63) is 28.7 Å². The van der Waals surface area contributed by atoms with Crippen molar-refractivity contribution in [2.45, 2.75) is 12.0 Å². The fourth-order valence-electron chi connectivity index (χ4n) is 1.88. The van der Waals surface area contributed by atoms with E-state index in [-0.39, 0.29) is 12.5 Å². The van der Waals surface area contributed by atoms with E-state index >= 15 is 0 Å². The Labute approximate surface area is 120 Å².